The number of likely N-dealkylation sites (tertiary alicyclic amines) is 1. The van der Waals surface area contributed by atoms with E-state index in [1.54, 1.807) is 41.6 Å². The van der Waals surface area contributed by atoms with Crippen LogP contribution in [0.2, 0.25) is 0 Å². The van der Waals surface area contributed by atoms with Crippen molar-refractivity contribution in [1.29, 1.82) is 0 Å². The minimum absolute atomic E-state index is 0.0117. The largest absolute Gasteiger partial charge is 0.395 e. The fourth-order valence-corrected chi connectivity index (χ4v) is 4.87. The summed E-state index contributed by atoms with van der Waals surface area (Å²) < 4.78 is 14.3. The van der Waals surface area contributed by atoms with Crippen LogP contribution in [0.3, 0.4) is 0 Å². The van der Waals surface area contributed by atoms with Gasteiger partial charge in [0.25, 0.3) is 5.91 Å². The maximum Gasteiger partial charge on any atom is 0.258 e. The first kappa shape index (κ1) is 18.9. The normalized spacial score (nSPS) is 22.7. The Morgan fingerprint density at radius 2 is 1.80 bits per heavy atom. The van der Waals surface area contributed by atoms with Crippen LogP contribution in [0.5, 0.6) is 0 Å². The number of aromatic nitrogens is 1. The van der Waals surface area contributed by atoms with Crippen LogP contribution in [0.1, 0.15) is 27.4 Å². The van der Waals surface area contributed by atoms with Crippen molar-refractivity contribution in [3.63, 3.8) is 0 Å². The molecule has 1 saturated heterocycles. The number of halogens is 1. The Hall–Kier alpha value is -3.09. The highest BCUT2D eigenvalue weighted by molar-refractivity contribution is 6.07. The van der Waals surface area contributed by atoms with Crippen LogP contribution < -0.4 is 4.90 Å². The predicted octanol–water partition coefficient (Wildman–Crippen LogP) is 3.21. The van der Waals surface area contributed by atoms with Crippen LogP contribution in [0.4, 0.5) is 10.1 Å². The van der Waals surface area contributed by atoms with Gasteiger partial charge in [0.1, 0.15) is 5.82 Å². The molecule has 0 saturated carbocycles. The number of amides is 1. The van der Waals surface area contributed by atoms with Crippen LogP contribution >= 0.6 is 0 Å². The number of fused-ring (bicyclic) bond motifs is 3. The number of aliphatic hydroxyl groups is 1. The van der Waals surface area contributed by atoms with Crippen molar-refractivity contribution in [2.45, 2.75) is 24.5 Å². The Labute approximate surface area is 174 Å². The number of carbonyl (C=O) groups excluding carboxylic acids is 1. The van der Waals surface area contributed by atoms with Crippen LogP contribution in [0, 0.1) is 5.82 Å². The molecule has 0 spiro atoms. The summed E-state index contributed by atoms with van der Waals surface area (Å²) in [5.41, 5.74) is 3.11. The van der Waals surface area contributed by atoms with Gasteiger partial charge in [-0.3, -0.25) is 14.7 Å². The van der Waals surface area contributed by atoms with Crippen molar-refractivity contribution in [2.24, 2.45) is 0 Å². The zero-order valence-corrected chi connectivity index (χ0v) is 16.4. The number of hydrogen-bond acceptors (Lipinski definition) is 4. The van der Waals surface area contributed by atoms with Crippen LogP contribution in [-0.2, 0) is 6.54 Å². The molecule has 1 aromatic heterocycles. The monoisotopic (exact) mass is 403 g/mol. The molecule has 5 rings (SSSR count). The van der Waals surface area contributed by atoms with Crippen molar-refractivity contribution in [3.05, 3.63) is 95.6 Å². The minimum Gasteiger partial charge on any atom is -0.395 e. The van der Waals surface area contributed by atoms with Crippen LogP contribution in [0.15, 0.2) is 73.1 Å². The highest BCUT2D eigenvalue weighted by Gasteiger charge is 2.53. The average Bonchev–Trinajstić information content (AvgIpc) is 2.78. The van der Waals surface area contributed by atoms with E-state index in [9.17, 15) is 14.3 Å². The Bertz CT molecular complexity index is 1070. The number of carbonyl (C=O) groups is 1. The first-order valence-electron chi connectivity index (χ1n) is 10.1. The lowest BCUT2D eigenvalue weighted by Crippen LogP contribution is -2.68. The molecule has 0 unspecified atom stereocenters. The summed E-state index contributed by atoms with van der Waals surface area (Å²) in [6, 6.07) is 17.9. The molecule has 2 aliphatic heterocycles. The van der Waals surface area contributed by atoms with Crippen LogP contribution in [0.25, 0.3) is 0 Å². The van der Waals surface area contributed by atoms with E-state index in [1.807, 2.05) is 30.3 Å². The van der Waals surface area contributed by atoms with Crippen molar-refractivity contribution in [1.82, 2.24) is 9.88 Å². The van der Waals surface area contributed by atoms with Gasteiger partial charge in [-0.1, -0.05) is 36.4 Å². The zero-order valence-electron chi connectivity index (χ0n) is 16.4. The molecular weight excluding hydrogens is 381 g/mol. The van der Waals surface area contributed by atoms with Gasteiger partial charge in [0.2, 0.25) is 0 Å². The molecule has 3 aromatic rings. The molecule has 3 heterocycles. The fourth-order valence-electron chi connectivity index (χ4n) is 4.87. The predicted molar refractivity (Wildman–Crippen MR) is 112 cm³/mol. The molecule has 30 heavy (non-hydrogen) atoms. The lowest BCUT2D eigenvalue weighted by atomic mass is 9.71. The summed E-state index contributed by atoms with van der Waals surface area (Å²) >= 11 is 0. The lowest BCUT2D eigenvalue weighted by molar-refractivity contribution is -0.0494. The van der Waals surface area contributed by atoms with Gasteiger partial charge in [0.05, 0.1) is 6.61 Å². The first-order valence-corrected chi connectivity index (χ1v) is 10.1. The standard InChI is InChI=1S/C24H22FN3O2/c25-19-7-3-1-5-17(19)13-27-21-14-28(24(30)16-9-11-26-12-10-16)20-8-4-2-6-18(20)23(21)22(27)15-29/h1-12,21-23,29H,13-15H2/t21-,22+,23+/m0/s1. The number of hydrogen-bond donors (Lipinski definition) is 1. The lowest BCUT2D eigenvalue weighted by Gasteiger charge is -2.59. The van der Waals surface area contributed by atoms with Crippen molar-refractivity contribution >= 4 is 11.6 Å². The summed E-state index contributed by atoms with van der Waals surface area (Å²) in [4.78, 5) is 21.2. The van der Waals surface area contributed by atoms with Gasteiger partial charge in [-0.05, 0) is 29.8 Å². The SMILES string of the molecule is O=C(c1ccncc1)N1C[C@H]2[C@@H](c3ccccc31)[C@@H](CO)N2Cc1ccccc1F. The zero-order chi connectivity index (χ0) is 20.7. The Morgan fingerprint density at radius 1 is 1.07 bits per heavy atom. The van der Waals surface area contributed by atoms with E-state index in [0.717, 1.165) is 11.3 Å². The number of pyridine rings is 1. The van der Waals surface area contributed by atoms with E-state index in [1.165, 1.54) is 6.07 Å². The van der Waals surface area contributed by atoms with Gasteiger partial charge in [0.15, 0.2) is 0 Å². The molecule has 0 radical (unpaired) electrons. The topological polar surface area (TPSA) is 56.7 Å². The van der Waals surface area contributed by atoms with E-state index < -0.39 is 0 Å². The fraction of sp³-hybridized carbons (Fsp3) is 0.250. The molecule has 5 nitrogen and oxygen atoms in total. The summed E-state index contributed by atoms with van der Waals surface area (Å²) in [6.07, 6.45) is 3.23. The summed E-state index contributed by atoms with van der Waals surface area (Å²) in [7, 11) is 0. The van der Waals surface area contributed by atoms with Gasteiger partial charge < -0.3 is 10.0 Å². The van der Waals surface area contributed by atoms with Crippen molar-refractivity contribution < 1.29 is 14.3 Å². The van der Waals surface area contributed by atoms with E-state index in [-0.39, 0.29) is 36.3 Å². The molecule has 152 valence electrons. The highest BCUT2D eigenvalue weighted by Crippen LogP contribution is 2.49. The minimum atomic E-state index is -0.251. The molecular formula is C24H22FN3O2. The van der Waals surface area contributed by atoms with Gasteiger partial charge in [-0.2, -0.15) is 0 Å². The Morgan fingerprint density at radius 3 is 2.57 bits per heavy atom. The maximum absolute atomic E-state index is 14.3. The average molecular weight is 403 g/mol. The molecule has 3 atom stereocenters. The van der Waals surface area contributed by atoms with E-state index in [0.29, 0.717) is 24.2 Å². The molecule has 6 heteroatoms. The number of nitrogens with zero attached hydrogens (tertiary/aromatic N) is 3. The molecule has 1 fully saturated rings. The molecule has 1 N–H and O–H groups in total. The molecule has 1 amide bonds. The van der Waals surface area contributed by atoms with Crippen molar-refractivity contribution in [2.75, 3.05) is 18.1 Å². The van der Waals surface area contributed by atoms with Gasteiger partial charge in [-0.25, -0.2) is 4.39 Å². The summed E-state index contributed by atoms with van der Waals surface area (Å²) in [6.45, 7) is 0.883. The number of para-hydroxylation sites is 1. The van der Waals surface area contributed by atoms with Gasteiger partial charge in [0, 0.05) is 60.3 Å². The Kier molecular flexibility index (Phi) is 4.81. The third kappa shape index (κ3) is 3.00. The number of benzene rings is 2. The van der Waals surface area contributed by atoms with E-state index in [2.05, 4.69) is 9.88 Å². The second kappa shape index (κ2) is 7.63. The molecule has 0 bridgehead atoms. The number of aliphatic hydroxyl groups excluding tert-OH is 1. The maximum atomic E-state index is 14.3. The third-order valence-electron chi connectivity index (χ3n) is 6.31. The molecule has 2 aromatic carbocycles. The number of rotatable bonds is 4. The highest BCUT2D eigenvalue weighted by atomic mass is 19.1. The molecule has 2 aliphatic rings. The summed E-state index contributed by atoms with van der Waals surface area (Å²) in [5, 5.41) is 10.1. The van der Waals surface area contributed by atoms with Crippen LogP contribution in [-0.4, -0.2) is 46.1 Å². The second-order valence-corrected chi connectivity index (χ2v) is 7.82. The second-order valence-electron chi connectivity index (χ2n) is 7.82. The van der Waals surface area contributed by atoms with Crippen molar-refractivity contribution in [3.8, 4) is 0 Å². The third-order valence-corrected chi connectivity index (χ3v) is 6.31. The van der Waals surface area contributed by atoms with E-state index >= 15 is 0 Å². The summed E-state index contributed by atoms with van der Waals surface area (Å²) in [5.74, 6) is -0.223. The Balaban J connectivity index is 1.50. The van der Waals surface area contributed by atoms with Gasteiger partial charge in [-0.15, -0.1) is 0 Å². The number of anilines is 1. The smallest absolute Gasteiger partial charge is 0.258 e. The first-order chi connectivity index (χ1) is 14.7. The van der Waals surface area contributed by atoms with Gasteiger partial charge >= 0.3 is 0 Å². The molecule has 0 aliphatic carbocycles. The quantitative estimate of drug-likeness (QED) is 0.727. The van der Waals surface area contributed by atoms with E-state index in [4.69, 9.17) is 0 Å².